The van der Waals surface area contributed by atoms with Crippen molar-refractivity contribution in [1.82, 2.24) is 0 Å². The fraction of sp³-hybridized carbons (Fsp3) is 1.00. The molecule has 1 saturated carbocycles. The van der Waals surface area contributed by atoms with Gasteiger partial charge in [0.05, 0.1) is 0 Å². The molecule has 72 valence electrons. The lowest BCUT2D eigenvalue weighted by atomic mass is 9.72. The minimum Gasteiger partial charge on any atom is -0.330 e. The summed E-state index contributed by atoms with van der Waals surface area (Å²) in [7, 11) is 0. The van der Waals surface area contributed by atoms with Gasteiger partial charge in [-0.05, 0) is 56.4 Å². The first-order chi connectivity index (χ1) is 5.64. The SMILES string of the molecule is CC1(C)CCC(CCCN)CC1. The average molecular weight is 169 g/mol. The molecule has 0 aromatic rings. The molecule has 1 rings (SSSR count). The molecule has 12 heavy (non-hydrogen) atoms. The molecule has 0 aromatic heterocycles. The lowest BCUT2D eigenvalue weighted by molar-refractivity contribution is 0.184. The van der Waals surface area contributed by atoms with E-state index in [1.165, 1.54) is 38.5 Å². The summed E-state index contributed by atoms with van der Waals surface area (Å²) in [5.41, 5.74) is 6.12. The van der Waals surface area contributed by atoms with Crippen molar-refractivity contribution in [2.45, 2.75) is 52.4 Å². The first kappa shape index (κ1) is 10.0. The van der Waals surface area contributed by atoms with Crippen LogP contribution in [0.3, 0.4) is 0 Å². The Bertz CT molecular complexity index is 119. The van der Waals surface area contributed by atoms with Crippen LogP contribution >= 0.6 is 0 Å². The summed E-state index contributed by atoms with van der Waals surface area (Å²) in [4.78, 5) is 0. The van der Waals surface area contributed by atoms with E-state index in [4.69, 9.17) is 5.73 Å². The van der Waals surface area contributed by atoms with E-state index in [-0.39, 0.29) is 0 Å². The van der Waals surface area contributed by atoms with Gasteiger partial charge in [-0.25, -0.2) is 0 Å². The largest absolute Gasteiger partial charge is 0.330 e. The van der Waals surface area contributed by atoms with Crippen molar-refractivity contribution >= 4 is 0 Å². The van der Waals surface area contributed by atoms with E-state index in [1.807, 2.05) is 0 Å². The minimum atomic E-state index is 0.624. The van der Waals surface area contributed by atoms with Crippen LogP contribution in [0.2, 0.25) is 0 Å². The Balaban J connectivity index is 2.18. The Kier molecular flexibility index (Phi) is 3.57. The van der Waals surface area contributed by atoms with Crippen LogP contribution in [0.15, 0.2) is 0 Å². The molecule has 0 spiro atoms. The fourth-order valence-electron chi connectivity index (χ4n) is 2.15. The lowest BCUT2D eigenvalue weighted by Crippen LogP contribution is -2.21. The number of nitrogens with two attached hydrogens (primary N) is 1. The Morgan fingerprint density at radius 1 is 1.25 bits per heavy atom. The predicted octanol–water partition coefficient (Wildman–Crippen LogP) is 2.94. The van der Waals surface area contributed by atoms with Gasteiger partial charge in [0, 0.05) is 0 Å². The number of rotatable bonds is 3. The molecule has 1 heteroatoms. The highest BCUT2D eigenvalue weighted by Gasteiger charge is 2.25. The molecule has 1 aliphatic carbocycles. The second kappa shape index (κ2) is 4.27. The zero-order valence-corrected chi connectivity index (χ0v) is 8.60. The van der Waals surface area contributed by atoms with Crippen LogP contribution < -0.4 is 5.73 Å². The third kappa shape index (κ3) is 3.14. The van der Waals surface area contributed by atoms with Gasteiger partial charge in [-0.1, -0.05) is 13.8 Å². The molecule has 1 aliphatic rings. The van der Waals surface area contributed by atoms with E-state index in [2.05, 4.69) is 13.8 Å². The Hall–Kier alpha value is -0.0400. The fourth-order valence-corrected chi connectivity index (χ4v) is 2.15. The Morgan fingerprint density at radius 3 is 2.33 bits per heavy atom. The third-order valence-corrected chi connectivity index (χ3v) is 3.28. The van der Waals surface area contributed by atoms with Crippen molar-refractivity contribution in [3.8, 4) is 0 Å². The van der Waals surface area contributed by atoms with Crippen LogP contribution in [0.25, 0.3) is 0 Å². The molecule has 0 radical (unpaired) electrons. The van der Waals surface area contributed by atoms with Crippen LogP contribution in [-0.4, -0.2) is 6.54 Å². The van der Waals surface area contributed by atoms with Crippen LogP contribution in [-0.2, 0) is 0 Å². The third-order valence-electron chi connectivity index (χ3n) is 3.28. The van der Waals surface area contributed by atoms with Gasteiger partial charge in [0.25, 0.3) is 0 Å². The second-order valence-corrected chi connectivity index (χ2v) is 5.04. The molecule has 0 heterocycles. The summed E-state index contributed by atoms with van der Waals surface area (Å²) >= 11 is 0. The first-order valence-electron chi connectivity index (χ1n) is 5.34. The molecule has 1 nitrogen and oxygen atoms in total. The van der Waals surface area contributed by atoms with Crippen LogP contribution in [0.5, 0.6) is 0 Å². The summed E-state index contributed by atoms with van der Waals surface area (Å²) in [5.74, 6) is 0.988. The maximum absolute atomic E-state index is 5.50. The van der Waals surface area contributed by atoms with Gasteiger partial charge in [0.2, 0.25) is 0 Å². The number of hydrogen-bond acceptors (Lipinski definition) is 1. The van der Waals surface area contributed by atoms with Crippen LogP contribution in [0.1, 0.15) is 52.4 Å². The maximum atomic E-state index is 5.50. The second-order valence-electron chi connectivity index (χ2n) is 5.04. The quantitative estimate of drug-likeness (QED) is 0.690. The van der Waals surface area contributed by atoms with E-state index < -0.39 is 0 Å². The van der Waals surface area contributed by atoms with Gasteiger partial charge in [-0.3, -0.25) is 0 Å². The van der Waals surface area contributed by atoms with Gasteiger partial charge >= 0.3 is 0 Å². The highest BCUT2D eigenvalue weighted by atomic mass is 14.5. The van der Waals surface area contributed by atoms with Gasteiger partial charge in [0.15, 0.2) is 0 Å². The molecule has 0 bridgehead atoms. The smallest absolute Gasteiger partial charge is 0.00772 e. The van der Waals surface area contributed by atoms with E-state index in [0.29, 0.717) is 5.41 Å². The summed E-state index contributed by atoms with van der Waals surface area (Å²) < 4.78 is 0. The van der Waals surface area contributed by atoms with Gasteiger partial charge in [-0.2, -0.15) is 0 Å². The summed E-state index contributed by atoms with van der Waals surface area (Å²) in [6, 6.07) is 0. The van der Waals surface area contributed by atoms with Gasteiger partial charge in [-0.15, -0.1) is 0 Å². The highest BCUT2D eigenvalue weighted by molar-refractivity contribution is 4.78. The van der Waals surface area contributed by atoms with Crippen molar-refractivity contribution in [3.05, 3.63) is 0 Å². The zero-order chi connectivity index (χ0) is 9.03. The normalized spacial score (nSPS) is 24.2. The standard InChI is InChI=1S/C11H23N/c1-11(2)7-5-10(6-8-11)4-3-9-12/h10H,3-9,12H2,1-2H3. The van der Waals surface area contributed by atoms with Crippen molar-refractivity contribution < 1.29 is 0 Å². The summed E-state index contributed by atoms with van der Waals surface area (Å²) in [6.07, 6.45) is 8.31. The minimum absolute atomic E-state index is 0.624. The molecule has 0 atom stereocenters. The molecular formula is C11H23N. The molecule has 0 amide bonds. The van der Waals surface area contributed by atoms with Crippen molar-refractivity contribution in [1.29, 1.82) is 0 Å². The van der Waals surface area contributed by atoms with Crippen LogP contribution in [0, 0.1) is 11.3 Å². The monoisotopic (exact) mass is 169 g/mol. The molecule has 0 aromatic carbocycles. The van der Waals surface area contributed by atoms with E-state index in [9.17, 15) is 0 Å². The molecular weight excluding hydrogens is 146 g/mol. The highest BCUT2D eigenvalue weighted by Crippen LogP contribution is 2.39. The van der Waals surface area contributed by atoms with Gasteiger partial charge in [0.1, 0.15) is 0 Å². The number of hydrogen-bond donors (Lipinski definition) is 1. The molecule has 0 aliphatic heterocycles. The summed E-state index contributed by atoms with van der Waals surface area (Å²) in [6.45, 7) is 5.66. The zero-order valence-electron chi connectivity index (χ0n) is 8.60. The topological polar surface area (TPSA) is 26.0 Å². The van der Waals surface area contributed by atoms with E-state index in [0.717, 1.165) is 12.5 Å². The predicted molar refractivity (Wildman–Crippen MR) is 54.0 cm³/mol. The average Bonchev–Trinajstić information content (AvgIpc) is 2.03. The van der Waals surface area contributed by atoms with E-state index >= 15 is 0 Å². The Labute approximate surface area is 76.7 Å². The van der Waals surface area contributed by atoms with Crippen molar-refractivity contribution in [2.24, 2.45) is 17.1 Å². The van der Waals surface area contributed by atoms with Crippen molar-refractivity contribution in [3.63, 3.8) is 0 Å². The van der Waals surface area contributed by atoms with Crippen molar-refractivity contribution in [2.75, 3.05) is 6.54 Å². The van der Waals surface area contributed by atoms with Gasteiger partial charge < -0.3 is 5.73 Å². The van der Waals surface area contributed by atoms with Crippen LogP contribution in [0.4, 0.5) is 0 Å². The summed E-state index contributed by atoms with van der Waals surface area (Å²) in [5, 5.41) is 0. The Morgan fingerprint density at radius 2 is 1.83 bits per heavy atom. The molecule has 0 unspecified atom stereocenters. The lowest BCUT2D eigenvalue weighted by Gasteiger charge is -2.34. The van der Waals surface area contributed by atoms with E-state index in [1.54, 1.807) is 0 Å². The molecule has 1 fully saturated rings. The maximum Gasteiger partial charge on any atom is -0.00772 e. The molecule has 2 N–H and O–H groups in total. The first-order valence-corrected chi connectivity index (χ1v) is 5.34. The molecule has 0 saturated heterocycles.